The molecule has 0 saturated heterocycles. The summed E-state index contributed by atoms with van der Waals surface area (Å²) in [5.74, 6) is -3.08. The molecule has 20 heavy (non-hydrogen) atoms. The van der Waals surface area contributed by atoms with Gasteiger partial charge in [-0.3, -0.25) is 9.78 Å². The minimum Gasteiger partial charge on any atom is -0.502 e. The molecule has 0 saturated carbocycles. The molecular weight excluding hydrogens is 260 g/mol. The van der Waals surface area contributed by atoms with Crippen molar-refractivity contribution >= 4 is 11.8 Å². The summed E-state index contributed by atoms with van der Waals surface area (Å²) in [6.45, 7) is 0. The van der Waals surface area contributed by atoms with E-state index in [-0.39, 0.29) is 0 Å². The number of carboxylic acid groups (broad SMARTS) is 1. The number of aliphatic hydroxyl groups is 1. The number of nitrogens with zero attached hydrogens (tertiary/aromatic N) is 1. The highest BCUT2D eigenvalue weighted by Gasteiger charge is 2.11. The number of aromatic nitrogens is 2. The average Bonchev–Trinajstić information content (AvgIpc) is 2.88. The first-order valence-electron chi connectivity index (χ1n) is 5.81. The van der Waals surface area contributed by atoms with Gasteiger partial charge in [-0.05, 0) is 23.8 Å². The summed E-state index contributed by atoms with van der Waals surface area (Å²) in [7, 11) is 0. The zero-order valence-corrected chi connectivity index (χ0v) is 10.4. The number of carbonyl (C=O) groups is 2. The Morgan fingerprint density at radius 1 is 1.25 bits per heavy atom. The fourth-order valence-electron chi connectivity index (χ4n) is 1.68. The van der Waals surface area contributed by atoms with E-state index in [0.29, 0.717) is 18.1 Å². The molecule has 6 heteroatoms. The number of rotatable bonds is 5. The third kappa shape index (κ3) is 3.32. The standard InChI is InChI=1S/C14H12N2O4/c17-12(7-13(18)14(19)20)10-6-11(16-8-10)5-9-1-3-15-4-2-9/h1-4,6-8,16,18H,5H2,(H,19,20). The van der Waals surface area contributed by atoms with Crippen LogP contribution in [0.1, 0.15) is 21.6 Å². The van der Waals surface area contributed by atoms with Gasteiger partial charge < -0.3 is 15.2 Å². The Hall–Kier alpha value is -2.89. The lowest BCUT2D eigenvalue weighted by Crippen LogP contribution is -2.03. The van der Waals surface area contributed by atoms with Crippen LogP contribution in [0, 0.1) is 0 Å². The van der Waals surface area contributed by atoms with Gasteiger partial charge in [0.2, 0.25) is 5.76 Å². The summed E-state index contributed by atoms with van der Waals surface area (Å²) in [6.07, 6.45) is 6.12. The molecule has 2 rings (SSSR count). The first-order valence-corrected chi connectivity index (χ1v) is 5.81. The molecule has 0 aromatic carbocycles. The maximum absolute atomic E-state index is 11.7. The SMILES string of the molecule is O=C(O)C(O)=CC(=O)c1c[nH]c(Cc2ccncc2)c1. The van der Waals surface area contributed by atoms with Crippen molar-refractivity contribution in [2.24, 2.45) is 0 Å². The predicted molar refractivity (Wildman–Crippen MR) is 70.5 cm³/mol. The van der Waals surface area contributed by atoms with E-state index in [1.807, 2.05) is 12.1 Å². The van der Waals surface area contributed by atoms with Gasteiger partial charge in [0.25, 0.3) is 0 Å². The number of aliphatic carboxylic acids is 1. The van der Waals surface area contributed by atoms with Crippen molar-refractivity contribution in [3.8, 4) is 0 Å². The van der Waals surface area contributed by atoms with E-state index in [1.165, 1.54) is 6.20 Å². The summed E-state index contributed by atoms with van der Waals surface area (Å²) in [5, 5.41) is 17.5. The molecule has 6 nitrogen and oxygen atoms in total. The summed E-state index contributed by atoms with van der Waals surface area (Å²) >= 11 is 0. The summed E-state index contributed by atoms with van der Waals surface area (Å²) in [6, 6.07) is 5.34. The van der Waals surface area contributed by atoms with Gasteiger partial charge in [0.05, 0.1) is 0 Å². The average molecular weight is 272 g/mol. The molecule has 0 unspecified atom stereocenters. The largest absolute Gasteiger partial charge is 0.502 e. The van der Waals surface area contributed by atoms with Crippen LogP contribution in [0.3, 0.4) is 0 Å². The van der Waals surface area contributed by atoms with Crippen LogP contribution in [0.15, 0.2) is 48.6 Å². The van der Waals surface area contributed by atoms with Crippen LogP contribution in [-0.2, 0) is 11.2 Å². The highest BCUT2D eigenvalue weighted by atomic mass is 16.4. The Morgan fingerprint density at radius 2 is 1.95 bits per heavy atom. The number of hydrogen-bond donors (Lipinski definition) is 3. The first-order chi connectivity index (χ1) is 9.56. The molecule has 2 aromatic heterocycles. The lowest BCUT2D eigenvalue weighted by molar-refractivity contribution is -0.135. The molecule has 0 radical (unpaired) electrons. The van der Waals surface area contributed by atoms with Crippen molar-refractivity contribution in [3.63, 3.8) is 0 Å². The van der Waals surface area contributed by atoms with E-state index in [1.54, 1.807) is 18.5 Å². The van der Waals surface area contributed by atoms with Crippen molar-refractivity contribution in [2.75, 3.05) is 0 Å². The van der Waals surface area contributed by atoms with Crippen molar-refractivity contribution in [1.29, 1.82) is 0 Å². The Labute approximate surface area is 114 Å². The number of pyridine rings is 1. The first kappa shape index (κ1) is 13.5. The van der Waals surface area contributed by atoms with Gasteiger partial charge in [-0.25, -0.2) is 4.79 Å². The molecule has 0 amide bonds. The number of carbonyl (C=O) groups excluding carboxylic acids is 1. The molecule has 0 aliphatic heterocycles. The molecule has 102 valence electrons. The smallest absolute Gasteiger partial charge is 0.371 e. The summed E-state index contributed by atoms with van der Waals surface area (Å²) in [5.41, 5.74) is 2.13. The normalized spacial score (nSPS) is 11.3. The van der Waals surface area contributed by atoms with E-state index >= 15 is 0 Å². The molecular formula is C14H12N2O4. The van der Waals surface area contributed by atoms with Crippen LogP contribution >= 0.6 is 0 Å². The topological polar surface area (TPSA) is 103 Å². The number of carboxylic acids is 1. The zero-order valence-electron chi connectivity index (χ0n) is 10.4. The molecule has 3 N–H and O–H groups in total. The van der Waals surface area contributed by atoms with Crippen LogP contribution < -0.4 is 0 Å². The maximum atomic E-state index is 11.7. The number of ketones is 1. The number of nitrogens with one attached hydrogen (secondary N) is 1. The monoisotopic (exact) mass is 272 g/mol. The van der Waals surface area contributed by atoms with Gasteiger partial charge in [-0.1, -0.05) is 0 Å². The van der Waals surface area contributed by atoms with E-state index < -0.39 is 17.5 Å². The lowest BCUT2D eigenvalue weighted by Gasteiger charge is -1.97. The number of aliphatic hydroxyl groups excluding tert-OH is 1. The highest BCUT2D eigenvalue weighted by Crippen LogP contribution is 2.11. The molecule has 0 aliphatic carbocycles. The number of allylic oxidation sites excluding steroid dienone is 1. The third-order valence-corrected chi connectivity index (χ3v) is 2.66. The van der Waals surface area contributed by atoms with Crippen LogP contribution in [0.25, 0.3) is 0 Å². The summed E-state index contributed by atoms with van der Waals surface area (Å²) in [4.78, 5) is 29.0. The van der Waals surface area contributed by atoms with Crippen LogP contribution in [-0.4, -0.2) is 31.9 Å². The van der Waals surface area contributed by atoms with E-state index in [0.717, 1.165) is 11.3 Å². The molecule has 0 fully saturated rings. The molecule has 2 heterocycles. The number of hydrogen-bond acceptors (Lipinski definition) is 4. The van der Waals surface area contributed by atoms with Gasteiger partial charge in [-0.2, -0.15) is 0 Å². The quantitative estimate of drug-likeness (QED) is 0.436. The lowest BCUT2D eigenvalue weighted by atomic mass is 10.1. The van der Waals surface area contributed by atoms with Crippen molar-refractivity contribution in [2.45, 2.75) is 6.42 Å². The van der Waals surface area contributed by atoms with E-state index in [2.05, 4.69) is 9.97 Å². The molecule has 0 atom stereocenters. The second-order valence-corrected chi connectivity index (χ2v) is 4.14. The highest BCUT2D eigenvalue weighted by molar-refractivity contribution is 6.07. The third-order valence-electron chi connectivity index (χ3n) is 2.66. The second kappa shape index (κ2) is 5.83. The molecule has 0 bridgehead atoms. The maximum Gasteiger partial charge on any atom is 0.371 e. The molecule has 0 spiro atoms. The molecule has 0 aliphatic rings. The van der Waals surface area contributed by atoms with Gasteiger partial charge in [0.15, 0.2) is 5.78 Å². The minimum atomic E-state index is -1.54. The van der Waals surface area contributed by atoms with Gasteiger partial charge in [-0.15, -0.1) is 0 Å². The Balaban J connectivity index is 2.11. The van der Waals surface area contributed by atoms with Gasteiger partial charge >= 0.3 is 5.97 Å². The Kier molecular flexibility index (Phi) is 3.95. The summed E-state index contributed by atoms with van der Waals surface area (Å²) < 4.78 is 0. The Morgan fingerprint density at radius 3 is 2.60 bits per heavy atom. The van der Waals surface area contributed by atoms with Crippen LogP contribution in [0.5, 0.6) is 0 Å². The predicted octanol–water partition coefficient (Wildman–Crippen LogP) is 1.71. The van der Waals surface area contributed by atoms with Crippen molar-refractivity contribution < 1.29 is 19.8 Å². The van der Waals surface area contributed by atoms with Crippen LogP contribution in [0.2, 0.25) is 0 Å². The number of aromatic amines is 1. The van der Waals surface area contributed by atoms with E-state index in [9.17, 15) is 9.59 Å². The van der Waals surface area contributed by atoms with Crippen LogP contribution in [0.4, 0.5) is 0 Å². The van der Waals surface area contributed by atoms with Crippen molar-refractivity contribution in [1.82, 2.24) is 9.97 Å². The van der Waals surface area contributed by atoms with Crippen molar-refractivity contribution in [3.05, 3.63) is 65.4 Å². The second-order valence-electron chi connectivity index (χ2n) is 4.14. The minimum absolute atomic E-state index is 0.293. The molecule has 2 aromatic rings. The fourth-order valence-corrected chi connectivity index (χ4v) is 1.68. The number of H-pyrrole nitrogens is 1. The zero-order chi connectivity index (χ0) is 14.5. The fraction of sp³-hybridized carbons (Fsp3) is 0.0714. The van der Waals surface area contributed by atoms with E-state index in [4.69, 9.17) is 10.2 Å². The van der Waals surface area contributed by atoms with Gasteiger partial charge in [0, 0.05) is 42.3 Å². The Bertz CT molecular complexity index is 659. The van der Waals surface area contributed by atoms with Gasteiger partial charge in [0.1, 0.15) is 0 Å².